The summed E-state index contributed by atoms with van der Waals surface area (Å²) in [6.45, 7) is 3.50. The van der Waals surface area contributed by atoms with Crippen molar-refractivity contribution in [1.29, 1.82) is 0 Å². The molecule has 0 aromatic carbocycles. The molecule has 1 amide bonds. The maximum atomic E-state index is 11.9. The Labute approximate surface area is 95.2 Å². The number of rotatable bonds is 3. The maximum Gasteiger partial charge on any atom is 0.225 e. The Balaban J connectivity index is 1.83. The van der Waals surface area contributed by atoms with E-state index in [1.165, 1.54) is 0 Å². The summed E-state index contributed by atoms with van der Waals surface area (Å²) in [7, 11) is 1.87. The lowest BCUT2D eigenvalue weighted by molar-refractivity contribution is -0.125. The predicted octanol–water partition coefficient (Wildman–Crippen LogP) is 0.0343. The number of nitrogens with one attached hydrogen (secondary N) is 2. The second-order valence-electron chi connectivity index (χ2n) is 4.34. The number of aryl methyl sites for hydroxylation is 1. The van der Waals surface area contributed by atoms with Crippen LogP contribution in [0.3, 0.4) is 0 Å². The average molecular weight is 222 g/mol. The molecule has 2 N–H and O–H groups in total. The van der Waals surface area contributed by atoms with Crippen molar-refractivity contribution in [3.8, 4) is 0 Å². The highest BCUT2D eigenvalue weighted by molar-refractivity contribution is 5.79. The Hall–Kier alpha value is -1.36. The Morgan fingerprint density at radius 3 is 3.12 bits per heavy atom. The van der Waals surface area contributed by atoms with E-state index in [1.54, 1.807) is 4.68 Å². The minimum Gasteiger partial charge on any atom is -0.350 e. The third-order valence-electron chi connectivity index (χ3n) is 3.07. The monoisotopic (exact) mass is 222 g/mol. The molecule has 0 aliphatic carbocycles. The largest absolute Gasteiger partial charge is 0.350 e. The third kappa shape index (κ3) is 2.41. The van der Waals surface area contributed by atoms with Gasteiger partial charge in [0, 0.05) is 19.3 Å². The molecule has 2 rings (SSSR count). The van der Waals surface area contributed by atoms with E-state index in [9.17, 15) is 4.79 Å². The molecule has 2 atom stereocenters. The normalized spacial score (nSPS) is 24.6. The fourth-order valence-corrected chi connectivity index (χ4v) is 2.08. The zero-order chi connectivity index (χ0) is 11.5. The van der Waals surface area contributed by atoms with Crippen LogP contribution in [0.1, 0.15) is 19.0 Å². The van der Waals surface area contributed by atoms with Crippen LogP contribution in [0.5, 0.6) is 0 Å². The standard InChI is InChI=1S/C11H18N4O/c1-8-10(3-5-12-8)11(16)13-7-9-4-6-15(2)14-9/h4,6,8,10,12H,3,5,7H2,1-2H3,(H,13,16). The van der Waals surface area contributed by atoms with E-state index in [1.807, 2.05) is 19.3 Å². The van der Waals surface area contributed by atoms with Crippen LogP contribution in [0, 0.1) is 5.92 Å². The zero-order valence-corrected chi connectivity index (χ0v) is 9.73. The van der Waals surface area contributed by atoms with Gasteiger partial charge in [0.25, 0.3) is 0 Å². The van der Waals surface area contributed by atoms with Crippen molar-refractivity contribution in [2.75, 3.05) is 6.54 Å². The van der Waals surface area contributed by atoms with Crippen LogP contribution in [0.15, 0.2) is 12.3 Å². The molecule has 2 unspecified atom stereocenters. The fourth-order valence-electron chi connectivity index (χ4n) is 2.08. The summed E-state index contributed by atoms with van der Waals surface area (Å²) in [6, 6.07) is 2.19. The number of nitrogens with zero attached hydrogens (tertiary/aromatic N) is 2. The van der Waals surface area contributed by atoms with Crippen molar-refractivity contribution >= 4 is 5.91 Å². The molecule has 0 saturated carbocycles. The van der Waals surface area contributed by atoms with Crippen LogP contribution in [0.4, 0.5) is 0 Å². The van der Waals surface area contributed by atoms with Crippen molar-refractivity contribution < 1.29 is 4.79 Å². The summed E-state index contributed by atoms with van der Waals surface area (Å²) in [4.78, 5) is 11.9. The van der Waals surface area contributed by atoms with Crippen molar-refractivity contribution in [3.05, 3.63) is 18.0 Å². The molecule has 1 fully saturated rings. The lowest BCUT2D eigenvalue weighted by atomic mass is 10.0. The number of amides is 1. The van der Waals surface area contributed by atoms with Gasteiger partial charge in [-0.15, -0.1) is 0 Å². The molecule has 1 aromatic rings. The molecule has 2 heterocycles. The molecular formula is C11H18N4O. The molecule has 0 radical (unpaired) electrons. The van der Waals surface area contributed by atoms with Gasteiger partial charge in [-0.2, -0.15) is 5.10 Å². The fraction of sp³-hybridized carbons (Fsp3) is 0.636. The van der Waals surface area contributed by atoms with Crippen LogP contribution >= 0.6 is 0 Å². The lowest BCUT2D eigenvalue weighted by Gasteiger charge is -2.14. The summed E-state index contributed by atoms with van der Waals surface area (Å²) in [5.74, 6) is 0.229. The number of hydrogen-bond donors (Lipinski definition) is 2. The molecule has 1 aromatic heterocycles. The van der Waals surface area contributed by atoms with E-state index in [0.717, 1.165) is 18.7 Å². The van der Waals surface area contributed by atoms with Gasteiger partial charge in [-0.3, -0.25) is 9.48 Å². The van der Waals surface area contributed by atoms with Crippen LogP contribution in [-0.2, 0) is 18.4 Å². The number of hydrogen-bond acceptors (Lipinski definition) is 3. The minimum absolute atomic E-state index is 0.101. The second kappa shape index (κ2) is 4.65. The third-order valence-corrected chi connectivity index (χ3v) is 3.07. The first-order valence-corrected chi connectivity index (χ1v) is 5.66. The topological polar surface area (TPSA) is 59.0 Å². The van der Waals surface area contributed by atoms with Crippen LogP contribution in [-0.4, -0.2) is 28.3 Å². The molecule has 1 aliphatic heterocycles. The molecule has 1 aliphatic rings. The summed E-state index contributed by atoms with van der Waals surface area (Å²) in [6.07, 6.45) is 2.80. The first-order chi connectivity index (χ1) is 7.66. The number of carbonyl (C=O) groups excluding carboxylic acids is 1. The van der Waals surface area contributed by atoms with Crippen LogP contribution < -0.4 is 10.6 Å². The van der Waals surface area contributed by atoms with Gasteiger partial charge in [-0.1, -0.05) is 0 Å². The first-order valence-electron chi connectivity index (χ1n) is 5.66. The molecule has 0 bridgehead atoms. The van der Waals surface area contributed by atoms with Crippen LogP contribution in [0.2, 0.25) is 0 Å². The van der Waals surface area contributed by atoms with Crippen molar-refractivity contribution in [2.24, 2.45) is 13.0 Å². The highest BCUT2D eigenvalue weighted by Crippen LogP contribution is 2.14. The zero-order valence-electron chi connectivity index (χ0n) is 9.73. The van der Waals surface area contributed by atoms with E-state index in [-0.39, 0.29) is 17.9 Å². The molecular weight excluding hydrogens is 204 g/mol. The molecule has 1 saturated heterocycles. The van der Waals surface area contributed by atoms with Gasteiger partial charge in [0.05, 0.1) is 18.2 Å². The average Bonchev–Trinajstić information content (AvgIpc) is 2.84. The van der Waals surface area contributed by atoms with Gasteiger partial charge in [-0.05, 0) is 26.0 Å². The van der Waals surface area contributed by atoms with Gasteiger partial charge in [0.15, 0.2) is 0 Å². The summed E-state index contributed by atoms with van der Waals surface area (Å²) >= 11 is 0. The van der Waals surface area contributed by atoms with E-state index < -0.39 is 0 Å². The lowest BCUT2D eigenvalue weighted by Crippen LogP contribution is -2.36. The Bertz CT molecular complexity index is 374. The molecule has 88 valence electrons. The second-order valence-corrected chi connectivity index (χ2v) is 4.34. The summed E-state index contributed by atoms with van der Waals surface area (Å²) in [5, 5.41) is 10.4. The summed E-state index contributed by atoms with van der Waals surface area (Å²) in [5.41, 5.74) is 0.898. The van der Waals surface area contributed by atoms with Gasteiger partial charge in [-0.25, -0.2) is 0 Å². The molecule has 5 nitrogen and oxygen atoms in total. The van der Waals surface area contributed by atoms with Gasteiger partial charge < -0.3 is 10.6 Å². The van der Waals surface area contributed by atoms with Gasteiger partial charge >= 0.3 is 0 Å². The highest BCUT2D eigenvalue weighted by Gasteiger charge is 2.28. The smallest absolute Gasteiger partial charge is 0.225 e. The number of aromatic nitrogens is 2. The Morgan fingerprint density at radius 1 is 1.75 bits per heavy atom. The molecule has 5 heteroatoms. The Kier molecular flexibility index (Phi) is 3.24. The van der Waals surface area contributed by atoms with Gasteiger partial charge in [0.1, 0.15) is 0 Å². The number of carbonyl (C=O) groups is 1. The summed E-state index contributed by atoms with van der Waals surface area (Å²) < 4.78 is 1.74. The van der Waals surface area contributed by atoms with Crippen LogP contribution in [0.25, 0.3) is 0 Å². The molecule has 0 spiro atoms. The van der Waals surface area contributed by atoms with Crippen molar-refractivity contribution in [2.45, 2.75) is 25.9 Å². The quantitative estimate of drug-likeness (QED) is 0.759. The van der Waals surface area contributed by atoms with Gasteiger partial charge in [0.2, 0.25) is 5.91 Å². The van der Waals surface area contributed by atoms with Crippen molar-refractivity contribution in [1.82, 2.24) is 20.4 Å². The van der Waals surface area contributed by atoms with E-state index in [2.05, 4.69) is 22.7 Å². The van der Waals surface area contributed by atoms with E-state index >= 15 is 0 Å². The SMILES string of the molecule is CC1NCCC1C(=O)NCc1ccn(C)n1. The van der Waals surface area contributed by atoms with E-state index in [0.29, 0.717) is 6.54 Å². The predicted molar refractivity (Wildman–Crippen MR) is 60.6 cm³/mol. The van der Waals surface area contributed by atoms with E-state index in [4.69, 9.17) is 0 Å². The minimum atomic E-state index is 0.101. The van der Waals surface area contributed by atoms with Crippen molar-refractivity contribution in [3.63, 3.8) is 0 Å². The molecule has 16 heavy (non-hydrogen) atoms. The Morgan fingerprint density at radius 2 is 2.56 bits per heavy atom. The highest BCUT2D eigenvalue weighted by atomic mass is 16.1. The maximum absolute atomic E-state index is 11.9. The first kappa shape index (κ1) is 11.1.